The second kappa shape index (κ2) is 4.95. The van der Waals surface area contributed by atoms with Crippen molar-refractivity contribution in [3.63, 3.8) is 0 Å². The van der Waals surface area contributed by atoms with E-state index in [0.29, 0.717) is 23.3 Å². The minimum absolute atomic E-state index is 0.472. The van der Waals surface area contributed by atoms with Gasteiger partial charge in [-0.15, -0.1) is 0 Å². The maximum Gasteiger partial charge on any atom is 0.258 e. The molecule has 0 aliphatic heterocycles. The lowest BCUT2D eigenvalue weighted by molar-refractivity contribution is 0.420. The van der Waals surface area contributed by atoms with Crippen LogP contribution in [0.1, 0.15) is 5.82 Å². The molecule has 6 heteroatoms. The largest absolute Gasteiger partial charge is 0.334 e. The van der Waals surface area contributed by atoms with E-state index in [9.17, 15) is 0 Å². The van der Waals surface area contributed by atoms with Gasteiger partial charge in [-0.3, -0.25) is 0 Å². The predicted octanol–water partition coefficient (Wildman–Crippen LogP) is 2.87. The monoisotopic (exact) mass is 301 g/mol. The van der Waals surface area contributed by atoms with Crippen molar-refractivity contribution in [1.82, 2.24) is 15.5 Å². The number of nitrogens with one attached hydrogen (secondary N) is 1. The average Bonchev–Trinajstić information content (AvgIpc) is 2.71. The summed E-state index contributed by atoms with van der Waals surface area (Å²) in [6.07, 6.45) is 0. The Bertz CT molecular complexity index is 501. The van der Waals surface area contributed by atoms with Gasteiger partial charge in [-0.2, -0.15) is 4.98 Å². The highest BCUT2D eigenvalue weighted by atomic mass is 79.9. The van der Waals surface area contributed by atoms with Crippen molar-refractivity contribution in [2.75, 3.05) is 7.05 Å². The van der Waals surface area contributed by atoms with Gasteiger partial charge in [-0.05, 0) is 41.2 Å². The number of nitrogens with zero attached hydrogens (tertiary/aromatic N) is 2. The Balaban J connectivity index is 2.31. The molecule has 0 bridgehead atoms. The predicted molar refractivity (Wildman–Crippen MR) is 65.2 cm³/mol. The Hall–Kier alpha value is -0.910. The van der Waals surface area contributed by atoms with Crippen LogP contribution in [0.3, 0.4) is 0 Å². The van der Waals surface area contributed by atoms with E-state index in [1.54, 1.807) is 6.07 Å². The summed E-state index contributed by atoms with van der Waals surface area (Å²) in [5.74, 6) is 1.09. The van der Waals surface area contributed by atoms with Crippen molar-refractivity contribution >= 4 is 27.5 Å². The maximum absolute atomic E-state index is 5.98. The van der Waals surface area contributed by atoms with E-state index in [-0.39, 0.29) is 0 Å². The fraction of sp³-hybridized carbons (Fsp3) is 0.200. The highest BCUT2D eigenvalue weighted by Crippen LogP contribution is 2.27. The molecule has 4 nitrogen and oxygen atoms in total. The lowest BCUT2D eigenvalue weighted by atomic mass is 10.2. The molecule has 1 aromatic heterocycles. The van der Waals surface area contributed by atoms with Crippen LogP contribution in [0.5, 0.6) is 0 Å². The van der Waals surface area contributed by atoms with Crippen LogP contribution in [0.15, 0.2) is 27.2 Å². The van der Waals surface area contributed by atoms with E-state index in [2.05, 4.69) is 31.4 Å². The van der Waals surface area contributed by atoms with E-state index in [0.717, 1.165) is 10.0 Å². The van der Waals surface area contributed by atoms with Crippen molar-refractivity contribution < 1.29 is 4.52 Å². The van der Waals surface area contributed by atoms with E-state index < -0.39 is 0 Å². The van der Waals surface area contributed by atoms with Crippen LogP contribution < -0.4 is 5.32 Å². The quantitative estimate of drug-likeness (QED) is 0.947. The van der Waals surface area contributed by atoms with Gasteiger partial charge < -0.3 is 9.84 Å². The number of hydrogen-bond acceptors (Lipinski definition) is 4. The molecule has 1 aromatic carbocycles. The van der Waals surface area contributed by atoms with Crippen molar-refractivity contribution in [1.29, 1.82) is 0 Å². The maximum atomic E-state index is 5.98. The molecular formula is C10H9BrClN3O. The van der Waals surface area contributed by atoms with Crippen molar-refractivity contribution in [3.05, 3.63) is 33.5 Å². The van der Waals surface area contributed by atoms with E-state index >= 15 is 0 Å². The molecule has 1 heterocycles. The molecule has 0 aliphatic rings. The van der Waals surface area contributed by atoms with Gasteiger partial charge in [0.25, 0.3) is 5.89 Å². The first-order valence-electron chi connectivity index (χ1n) is 4.63. The zero-order valence-corrected chi connectivity index (χ0v) is 10.8. The molecule has 0 amide bonds. The Morgan fingerprint density at radius 2 is 2.31 bits per heavy atom. The third kappa shape index (κ3) is 2.42. The summed E-state index contributed by atoms with van der Waals surface area (Å²) in [7, 11) is 1.83. The minimum Gasteiger partial charge on any atom is -0.334 e. The van der Waals surface area contributed by atoms with Gasteiger partial charge in [-0.25, -0.2) is 0 Å². The highest BCUT2D eigenvalue weighted by molar-refractivity contribution is 9.10. The molecule has 0 spiro atoms. The molecule has 84 valence electrons. The van der Waals surface area contributed by atoms with Crippen LogP contribution in [0, 0.1) is 0 Å². The van der Waals surface area contributed by atoms with Crippen molar-refractivity contribution in [3.8, 4) is 11.5 Å². The molecule has 0 unspecified atom stereocenters. The fourth-order valence-corrected chi connectivity index (χ4v) is 1.66. The molecule has 0 saturated carbocycles. The number of rotatable bonds is 3. The van der Waals surface area contributed by atoms with Gasteiger partial charge >= 0.3 is 0 Å². The molecule has 0 saturated heterocycles. The van der Waals surface area contributed by atoms with Crippen LogP contribution in [0.2, 0.25) is 5.02 Å². The standard InChI is InChI=1S/C10H9BrClN3O/c1-13-5-9-14-10(16-15-9)6-2-3-7(11)8(12)4-6/h2-4,13H,5H2,1H3. The first-order valence-corrected chi connectivity index (χ1v) is 5.80. The summed E-state index contributed by atoms with van der Waals surface area (Å²) in [6.45, 7) is 0.577. The van der Waals surface area contributed by atoms with Crippen molar-refractivity contribution in [2.24, 2.45) is 0 Å². The summed E-state index contributed by atoms with van der Waals surface area (Å²) in [5.41, 5.74) is 0.808. The number of halogens is 2. The van der Waals surface area contributed by atoms with Gasteiger partial charge in [-0.1, -0.05) is 16.8 Å². The van der Waals surface area contributed by atoms with E-state index in [1.165, 1.54) is 0 Å². The minimum atomic E-state index is 0.472. The summed E-state index contributed by atoms with van der Waals surface area (Å²) < 4.78 is 5.96. The van der Waals surface area contributed by atoms with Crippen molar-refractivity contribution in [2.45, 2.75) is 6.54 Å². The Labute approximate surface area is 106 Å². The van der Waals surface area contributed by atoms with Gasteiger partial charge in [0.15, 0.2) is 5.82 Å². The second-order valence-corrected chi connectivity index (χ2v) is 4.44. The SMILES string of the molecule is CNCc1noc(-c2ccc(Br)c(Cl)c2)n1. The van der Waals surface area contributed by atoms with Gasteiger partial charge in [0.2, 0.25) is 0 Å². The summed E-state index contributed by atoms with van der Waals surface area (Å²) >= 11 is 9.31. The molecule has 0 atom stereocenters. The zero-order valence-electron chi connectivity index (χ0n) is 8.50. The van der Waals surface area contributed by atoms with Gasteiger partial charge in [0, 0.05) is 10.0 Å². The van der Waals surface area contributed by atoms with Crippen LogP contribution in [-0.4, -0.2) is 17.2 Å². The normalized spacial score (nSPS) is 10.7. The third-order valence-electron chi connectivity index (χ3n) is 1.97. The number of aromatic nitrogens is 2. The molecule has 2 rings (SSSR count). The Kier molecular flexibility index (Phi) is 3.58. The van der Waals surface area contributed by atoms with Gasteiger partial charge in [0.1, 0.15) is 0 Å². The lowest BCUT2D eigenvalue weighted by Crippen LogP contribution is -2.06. The fourth-order valence-electron chi connectivity index (χ4n) is 1.23. The summed E-state index contributed by atoms with van der Waals surface area (Å²) in [5, 5.41) is 7.40. The summed E-state index contributed by atoms with van der Waals surface area (Å²) in [6, 6.07) is 5.49. The Morgan fingerprint density at radius 1 is 1.50 bits per heavy atom. The van der Waals surface area contributed by atoms with Crippen LogP contribution in [-0.2, 0) is 6.54 Å². The summed E-state index contributed by atoms with van der Waals surface area (Å²) in [4.78, 5) is 4.23. The number of hydrogen-bond donors (Lipinski definition) is 1. The zero-order chi connectivity index (χ0) is 11.5. The van der Waals surface area contributed by atoms with E-state index in [4.69, 9.17) is 16.1 Å². The lowest BCUT2D eigenvalue weighted by Gasteiger charge is -1.97. The topological polar surface area (TPSA) is 51.0 Å². The van der Waals surface area contributed by atoms with E-state index in [1.807, 2.05) is 19.2 Å². The van der Waals surface area contributed by atoms with Gasteiger partial charge in [0.05, 0.1) is 11.6 Å². The van der Waals surface area contributed by atoms with Crippen LogP contribution in [0.4, 0.5) is 0 Å². The van der Waals surface area contributed by atoms with Crippen LogP contribution >= 0.6 is 27.5 Å². The smallest absolute Gasteiger partial charge is 0.258 e. The molecule has 2 aromatic rings. The average molecular weight is 303 g/mol. The molecule has 16 heavy (non-hydrogen) atoms. The molecule has 0 fully saturated rings. The first kappa shape index (κ1) is 11.6. The Morgan fingerprint density at radius 3 is 3.00 bits per heavy atom. The highest BCUT2D eigenvalue weighted by Gasteiger charge is 2.09. The molecule has 0 radical (unpaired) electrons. The third-order valence-corrected chi connectivity index (χ3v) is 3.20. The second-order valence-electron chi connectivity index (χ2n) is 3.17. The van der Waals surface area contributed by atoms with Crippen LogP contribution in [0.25, 0.3) is 11.5 Å². The first-order chi connectivity index (χ1) is 7.70. The molecule has 0 aliphatic carbocycles. The number of benzene rings is 1. The molecular weight excluding hydrogens is 293 g/mol. The molecule has 1 N–H and O–H groups in total.